The number of carbonyl (C=O) groups excluding carboxylic acids is 1. The van der Waals surface area contributed by atoms with Crippen LogP contribution in [0.2, 0.25) is 0 Å². The van der Waals surface area contributed by atoms with Gasteiger partial charge in [-0.15, -0.1) is 0 Å². The third kappa shape index (κ3) is 2.81. The molecule has 2 atom stereocenters. The van der Waals surface area contributed by atoms with Gasteiger partial charge in [0.25, 0.3) is 0 Å². The smallest absolute Gasteiger partial charge is 0.222 e. The van der Waals surface area contributed by atoms with Gasteiger partial charge in [-0.2, -0.15) is 0 Å². The summed E-state index contributed by atoms with van der Waals surface area (Å²) in [4.78, 5) is 14.0. The molecule has 0 saturated carbocycles. The average Bonchev–Trinajstić information content (AvgIpc) is 3.07. The molecule has 3 rings (SSSR count). The lowest BCUT2D eigenvalue weighted by molar-refractivity contribution is -0.128. The number of nitrogens with zero attached hydrogens (tertiary/aromatic N) is 1. The zero-order chi connectivity index (χ0) is 14.8. The van der Waals surface area contributed by atoms with Gasteiger partial charge in [-0.05, 0) is 25.1 Å². The summed E-state index contributed by atoms with van der Waals surface area (Å²) in [5.74, 6) is 1.66. The lowest BCUT2D eigenvalue weighted by atomic mass is 10.1. The first-order valence-corrected chi connectivity index (χ1v) is 7.64. The Balaban J connectivity index is 1.77. The largest absolute Gasteiger partial charge is 0.459 e. The number of likely N-dealkylation sites (N-methyl/N-ethyl adjacent to an activating group) is 1. The third-order valence-corrected chi connectivity index (χ3v) is 4.41. The number of likely N-dealkylation sites (tertiary alicyclic amines) is 1. The highest BCUT2D eigenvalue weighted by Gasteiger charge is 2.30. The first-order chi connectivity index (χ1) is 10.2. The van der Waals surface area contributed by atoms with Crippen LogP contribution in [-0.2, 0) is 4.79 Å². The standard InChI is InChI=1S/C17H22N2O2/c1-3-12-8-17(20)19(10-12)11-14(18-2)16-9-13-6-4-5-7-15(13)21-16/h4-7,9,12,14,18H,3,8,10-11H2,1-2H3. The zero-order valence-electron chi connectivity index (χ0n) is 12.6. The van der Waals surface area contributed by atoms with Crippen molar-refractivity contribution in [1.29, 1.82) is 0 Å². The van der Waals surface area contributed by atoms with Crippen molar-refractivity contribution in [2.75, 3.05) is 20.1 Å². The number of benzene rings is 1. The molecule has 21 heavy (non-hydrogen) atoms. The van der Waals surface area contributed by atoms with E-state index in [4.69, 9.17) is 4.42 Å². The maximum atomic E-state index is 12.1. The Morgan fingerprint density at radius 2 is 2.24 bits per heavy atom. The zero-order valence-corrected chi connectivity index (χ0v) is 12.6. The Bertz CT molecular complexity index is 602. The Labute approximate surface area is 125 Å². The molecule has 0 spiro atoms. The van der Waals surface area contributed by atoms with Crippen molar-refractivity contribution in [2.24, 2.45) is 5.92 Å². The molecule has 1 aliphatic heterocycles. The molecule has 4 heteroatoms. The number of hydrogen-bond donors (Lipinski definition) is 1. The predicted octanol–water partition coefficient (Wildman–Crippen LogP) is 2.95. The lowest BCUT2D eigenvalue weighted by Crippen LogP contribution is -2.34. The monoisotopic (exact) mass is 286 g/mol. The highest BCUT2D eigenvalue weighted by atomic mass is 16.3. The van der Waals surface area contributed by atoms with Crippen molar-refractivity contribution in [3.05, 3.63) is 36.1 Å². The molecule has 2 unspecified atom stereocenters. The second kappa shape index (κ2) is 5.90. The van der Waals surface area contributed by atoms with Crippen molar-refractivity contribution in [3.63, 3.8) is 0 Å². The minimum Gasteiger partial charge on any atom is -0.459 e. The number of nitrogens with one attached hydrogen (secondary N) is 1. The van der Waals surface area contributed by atoms with E-state index in [1.54, 1.807) is 0 Å². The SMILES string of the molecule is CCC1CC(=O)N(CC(NC)c2cc3ccccc3o2)C1. The summed E-state index contributed by atoms with van der Waals surface area (Å²) >= 11 is 0. The molecule has 1 aromatic heterocycles. The average molecular weight is 286 g/mol. The van der Waals surface area contributed by atoms with Gasteiger partial charge in [0.2, 0.25) is 5.91 Å². The molecule has 0 aliphatic carbocycles. The van der Waals surface area contributed by atoms with Crippen LogP contribution in [0.15, 0.2) is 34.7 Å². The van der Waals surface area contributed by atoms with Gasteiger partial charge in [0.15, 0.2) is 0 Å². The quantitative estimate of drug-likeness (QED) is 0.919. The number of fused-ring (bicyclic) bond motifs is 1. The minimum atomic E-state index is 0.0388. The van der Waals surface area contributed by atoms with Gasteiger partial charge in [-0.3, -0.25) is 4.79 Å². The molecule has 1 fully saturated rings. The summed E-state index contributed by atoms with van der Waals surface area (Å²) in [5.41, 5.74) is 0.895. The molecule has 1 aliphatic rings. The Hall–Kier alpha value is -1.81. The third-order valence-electron chi connectivity index (χ3n) is 4.41. The van der Waals surface area contributed by atoms with Gasteiger partial charge in [0.05, 0.1) is 6.04 Å². The van der Waals surface area contributed by atoms with E-state index in [2.05, 4.69) is 18.3 Å². The van der Waals surface area contributed by atoms with Crippen molar-refractivity contribution < 1.29 is 9.21 Å². The molecule has 2 heterocycles. The van der Waals surface area contributed by atoms with Gasteiger partial charge >= 0.3 is 0 Å². The number of rotatable bonds is 5. The maximum absolute atomic E-state index is 12.1. The normalized spacial score (nSPS) is 20.4. The summed E-state index contributed by atoms with van der Waals surface area (Å²) in [7, 11) is 1.91. The van der Waals surface area contributed by atoms with Crippen LogP contribution in [0.25, 0.3) is 11.0 Å². The fraction of sp³-hybridized carbons (Fsp3) is 0.471. The van der Waals surface area contributed by atoms with E-state index in [1.165, 1.54) is 0 Å². The summed E-state index contributed by atoms with van der Waals surface area (Å²) < 4.78 is 5.92. The molecule has 1 saturated heterocycles. The topological polar surface area (TPSA) is 45.5 Å². The summed E-state index contributed by atoms with van der Waals surface area (Å²) in [6, 6.07) is 10.1. The van der Waals surface area contributed by atoms with E-state index in [0.717, 1.165) is 29.7 Å². The second-order valence-corrected chi connectivity index (χ2v) is 5.80. The molecule has 112 valence electrons. The van der Waals surface area contributed by atoms with Crippen LogP contribution in [-0.4, -0.2) is 30.9 Å². The first-order valence-electron chi connectivity index (χ1n) is 7.64. The predicted molar refractivity (Wildman–Crippen MR) is 83.0 cm³/mol. The van der Waals surface area contributed by atoms with Crippen molar-refractivity contribution in [3.8, 4) is 0 Å². The van der Waals surface area contributed by atoms with Gasteiger partial charge in [-0.25, -0.2) is 0 Å². The summed E-state index contributed by atoms with van der Waals surface area (Å²) in [5, 5.41) is 4.38. The fourth-order valence-electron chi connectivity index (χ4n) is 3.02. The van der Waals surface area contributed by atoms with E-state index in [1.807, 2.05) is 36.2 Å². The number of amides is 1. The second-order valence-electron chi connectivity index (χ2n) is 5.80. The van der Waals surface area contributed by atoms with Crippen LogP contribution >= 0.6 is 0 Å². The van der Waals surface area contributed by atoms with Crippen molar-refractivity contribution in [1.82, 2.24) is 10.2 Å². The molecular weight excluding hydrogens is 264 g/mol. The lowest BCUT2D eigenvalue weighted by Gasteiger charge is -2.22. The summed E-state index contributed by atoms with van der Waals surface area (Å²) in [6.45, 7) is 3.69. The molecule has 0 bridgehead atoms. The van der Waals surface area contributed by atoms with E-state index in [9.17, 15) is 4.79 Å². The van der Waals surface area contributed by atoms with Crippen LogP contribution in [0.1, 0.15) is 31.6 Å². The van der Waals surface area contributed by atoms with Crippen molar-refractivity contribution in [2.45, 2.75) is 25.8 Å². The highest BCUT2D eigenvalue weighted by Crippen LogP contribution is 2.27. The fourth-order valence-corrected chi connectivity index (χ4v) is 3.02. The number of carbonyl (C=O) groups is 1. The molecule has 2 aromatic rings. The highest BCUT2D eigenvalue weighted by molar-refractivity contribution is 5.79. The number of furan rings is 1. The van der Waals surface area contributed by atoms with Gasteiger partial charge in [-0.1, -0.05) is 31.5 Å². The maximum Gasteiger partial charge on any atom is 0.222 e. The minimum absolute atomic E-state index is 0.0388. The Morgan fingerprint density at radius 1 is 1.43 bits per heavy atom. The van der Waals surface area contributed by atoms with Gasteiger partial charge in [0.1, 0.15) is 11.3 Å². The number of para-hydroxylation sites is 1. The molecule has 1 aromatic carbocycles. The van der Waals surface area contributed by atoms with Crippen molar-refractivity contribution >= 4 is 16.9 Å². The van der Waals surface area contributed by atoms with E-state index in [-0.39, 0.29) is 11.9 Å². The van der Waals surface area contributed by atoms with Crippen LogP contribution in [0.3, 0.4) is 0 Å². The molecule has 0 radical (unpaired) electrons. The van der Waals surface area contributed by atoms with Crippen LogP contribution < -0.4 is 5.32 Å². The molecule has 1 N–H and O–H groups in total. The molecule has 4 nitrogen and oxygen atoms in total. The number of hydrogen-bond acceptors (Lipinski definition) is 3. The molecular formula is C17H22N2O2. The van der Waals surface area contributed by atoms with Gasteiger partial charge in [0, 0.05) is 24.9 Å². The Morgan fingerprint density at radius 3 is 2.90 bits per heavy atom. The van der Waals surface area contributed by atoms with E-state index < -0.39 is 0 Å². The van der Waals surface area contributed by atoms with E-state index >= 15 is 0 Å². The van der Waals surface area contributed by atoms with Gasteiger partial charge < -0.3 is 14.6 Å². The molecule has 1 amide bonds. The van der Waals surface area contributed by atoms with Crippen LogP contribution in [0.5, 0.6) is 0 Å². The van der Waals surface area contributed by atoms with Crippen LogP contribution in [0, 0.1) is 5.92 Å². The van der Waals surface area contributed by atoms with E-state index in [0.29, 0.717) is 18.9 Å². The van der Waals surface area contributed by atoms with Crippen LogP contribution in [0.4, 0.5) is 0 Å². The Kier molecular flexibility index (Phi) is 3.97. The first kappa shape index (κ1) is 14.1. The summed E-state index contributed by atoms with van der Waals surface area (Å²) in [6.07, 6.45) is 1.75.